The Hall–Kier alpha value is -1.38. The molecule has 0 bridgehead atoms. The lowest BCUT2D eigenvalue weighted by Gasteiger charge is -2.11. The summed E-state index contributed by atoms with van der Waals surface area (Å²) in [6.45, 7) is 0. The van der Waals surface area contributed by atoms with Gasteiger partial charge in [-0.3, -0.25) is 4.79 Å². The van der Waals surface area contributed by atoms with Gasteiger partial charge in [-0.15, -0.1) is 0 Å². The number of fused-ring (bicyclic) bond motifs is 1. The van der Waals surface area contributed by atoms with Gasteiger partial charge in [-0.1, -0.05) is 12.1 Å². The van der Waals surface area contributed by atoms with E-state index in [0.717, 1.165) is 24.7 Å². The smallest absolute Gasteiger partial charge is 0.168 e. The Labute approximate surface area is 106 Å². The third kappa shape index (κ3) is 2.02. The fourth-order valence-electron chi connectivity index (χ4n) is 3.16. The third-order valence-electron chi connectivity index (χ3n) is 4.33. The molecule has 2 atom stereocenters. The summed E-state index contributed by atoms with van der Waals surface area (Å²) in [7, 11) is 1.44. The first-order chi connectivity index (χ1) is 8.69. The summed E-state index contributed by atoms with van der Waals surface area (Å²) in [6.07, 6.45) is 3.55. The number of hydrogen-bond acceptors (Lipinski definition) is 2. The molecular weight excluding hydrogens is 231 g/mol. The van der Waals surface area contributed by atoms with Gasteiger partial charge in [-0.2, -0.15) is 0 Å². The molecule has 0 saturated heterocycles. The molecule has 3 heteroatoms. The number of ether oxygens (including phenoxy) is 1. The molecular formula is C15H17FO2. The van der Waals surface area contributed by atoms with E-state index < -0.39 is 5.82 Å². The lowest BCUT2D eigenvalue weighted by Crippen LogP contribution is -2.16. The van der Waals surface area contributed by atoms with Crippen molar-refractivity contribution in [2.24, 2.45) is 17.8 Å². The Kier molecular flexibility index (Phi) is 2.84. The molecule has 0 spiro atoms. The predicted octanol–water partition coefficient (Wildman–Crippen LogP) is 2.99. The number of carbonyl (C=O) groups is 1. The highest BCUT2D eigenvalue weighted by Gasteiger charge is 2.47. The fraction of sp³-hybridized carbons (Fsp3) is 0.533. The first-order valence-corrected chi connectivity index (χ1v) is 6.53. The zero-order valence-electron chi connectivity index (χ0n) is 10.5. The van der Waals surface area contributed by atoms with Gasteiger partial charge < -0.3 is 4.74 Å². The Morgan fingerprint density at radius 2 is 2.06 bits per heavy atom. The molecule has 2 saturated carbocycles. The molecule has 2 unspecified atom stereocenters. The van der Waals surface area contributed by atoms with Crippen LogP contribution in [-0.4, -0.2) is 12.9 Å². The quantitative estimate of drug-likeness (QED) is 0.818. The van der Waals surface area contributed by atoms with Gasteiger partial charge in [0.2, 0.25) is 0 Å². The van der Waals surface area contributed by atoms with E-state index in [0.29, 0.717) is 5.56 Å². The highest BCUT2D eigenvalue weighted by molar-refractivity contribution is 5.84. The molecule has 2 fully saturated rings. The lowest BCUT2D eigenvalue weighted by molar-refractivity contribution is -0.122. The highest BCUT2D eigenvalue weighted by Crippen LogP contribution is 2.54. The average molecular weight is 248 g/mol. The van der Waals surface area contributed by atoms with Gasteiger partial charge in [-0.05, 0) is 42.7 Å². The van der Waals surface area contributed by atoms with Gasteiger partial charge in [0.1, 0.15) is 5.78 Å². The maximum atomic E-state index is 13.9. The second-order valence-electron chi connectivity index (χ2n) is 5.50. The summed E-state index contributed by atoms with van der Waals surface area (Å²) < 4.78 is 18.9. The molecule has 1 aromatic rings. The van der Waals surface area contributed by atoms with Crippen molar-refractivity contribution in [1.82, 2.24) is 0 Å². The fourth-order valence-corrected chi connectivity index (χ4v) is 3.16. The summed E-state index contributed by atoms with van der Waals surface area (Å²) >= 11 is 0. The monoisotopic (exact) mass is 248 g/mol. The molecule has 2 nitrogen and oxygen atoms in total. The van der Waals surface area contributed by atoms with Crippen molar-refractivity contribution < 1.29 is 13.9 Å². The normalized spacial score (nSPS) is 28.9. The predicted molar refractivity (Wildman–Crippen MR) is 66.0 cm³/mol. The van der Waals surface area contributed by atoms with E-state index in [-0.39, 0.29) is 23.9 Å². The Bertz CT molecular complexity index is 473. The van der Waals surface area contributed by atoms with Gasteiger partial charge >= 0.3 is 0 Å². The molecule has 3 rings (SSSR count). The first-order valence-electron chi connectivity index (χ1n) is 6.53. The van der Waals surface area contributed by atoms with Crippen molar-refractivity contribution in [3.05, 3.63) is 29.6 Å². The maximum absolute atomic E-state index is 13.9. The molecule has 0 N–H and O–H groups in total. The number of Topliss-reactive ketones (excluding diaryl/α,β-unsaturated/α-hetero) is 1. The maximum Gasteiger partial charge on any atom is 0.168 e. The molecule has 18 heavy (non-hydrogen) atoms. The molecule has 96 valence electrons. The van der Waals surface area contributed by atoms with Crippen LogP contribution in [0, 0.1) is 23.6 Å². The summed E-state index contributed by atoms with van der Waals surface area (Å²) in [5.41, 5.74) is 0.458. The zero-order valence-corrected chi connectivity index (χ0v) is 10.5. The van der Waals surface area contributed by atoms with Crippen molar-refractivity contribution in [2.45, 2.75) is 25.7 Å². The van der Waals surface area contributed by atoms with Crippen LogP contribution in [0.1, 0.15) is 24.8 Å². The number of halogens is 1. The standard InChI is InChI=1S/C15H17FO2/c1-18-14-4-2-3-9(15(14)16)8-13(17)12-6-10-5-11(10)7-12/h2-4,10-12H,5-8H2,1H3. The zero-order chi connectivity index (χ0) is 12.7. The van der Waals surface area contributed by atoms with Crippen molar-refractivity contribution in [3.8, 4) is 5.75 Å². The molecule has 0 aliphatic heterocycles. The van der Waals surface area contributed by atoms with Crippen molar-refractivity contribution in [1.29, 1.82) is 0 Å². The van der Waals surface area contributed by atoms with Crippen LogP contribution in [-0.2, 0) is 11.2 Å². The number of rotatable bonds is 4. The first kappa shape index (κ1) is 11.7. The number of benzene rings is 1. The molecule has 0 aromatic heterocycles. The van der Waals surface area contributed by atoms with Crippen LogP contribution in [0.4, 0.5) is 4.39 Å². The molecule has 1 aromatic carbocycles. The van der Waals surface area contributed by atoms with Gasteiger partial charge in [0.15, 0.2) is 11.6 Å². The van der Waals surface area contributed by atoms with Crippen LogP contribution in [0.15, 0.2) is 18.2 Å². The number of hydrogen-bond donors (Lipinski definition) is 0. The van der Waals surface area contributed by atoms with E-state index in [2.05, 4.69) is 0 Å². The third-order valence-corrected chi connectivity index (χ3v) is 4.33. The van der Waals surface area contributed by atoms with Crippen LogP contribution < -0.4 is 4.74 Å². The minimum Gasteiger partial charge on any atom is -0.494 e. The second-order valence-corrected chi connectivity index (χ2v) is 5.50. The molecule has 2 aliphatic carbocycles. The average Bonchev–Trinajstić information content (AvgIpc) is 2.98. The summed E-state index contributed by atoms with van der Waals surface area (Å²) in [6, 6.07) is 4.98. The van der Waals surface area contributed by atoms with Crippen molar-refractivity contribution in [2.75, 3.05) is 7.11 Å². The Balaban J connectivity index is 1.70. The van der Waals surface area contributed by atoms with Gasteiger partial charge in [0.25, 0.3) is 0 Å². The van der Waals surface area contributed by atoms with Gasteiger partial charge in [0.05, 0.1) is 7.11 Å². The summed E-state index contributed by atoms with van der Waals surface area (Å²) in [5, 5.41) is 0. The number of carbonyl (C=O) groups excluding carboxylic acids is 1. The SMILES string of the molecule is COc1cccc(CC(=O)C2CC3CC3C2)c1F. The van der Waals surface area contributed by atoms with E-state index in [1.165, 1.54) is 13.5 Å². The van der Waals surface area contributed by atoms with Crippen molar-refractivity contribution >= 4 is 5.78 Å². The van der Waals surface area contributed by atoms with Crippen LogP contribution in [0.2, 0.25) is 0 Å². The highest BCUT2D eigenvalue weighted by atomic mass is 19.1. The van der Waals surface area contributed by atoms with Crippen LogP contribution in [0.25, 0.3) is 0 Å². The Morgan fingerprint density at radius 3 is 2.72 bits per heavy atom. The van der Waals surface area contributed by atoms with Gasteiger partial charge in [0, 0.05) is 12.3 Å². The van der Waals surface area contributed by atoms with Crippen LogP contribution in [0.3, 0.4) is 0 Å². The summed E-state index contributed by atoms with van der Waals surface area (Å²) in [4.78, 5) is 12.1. The van der Waals surface area contributed by atoms with E-state index in [1.807, 2.05) is 0 Å². The largest absolute Gasteiger partial charge is 0.494 e. The Morgan fingerprint density at radius 1 is 1.33 bits per heavy atom. The summed E-state index contributed by atoms with van der Waals surface area (Å²) in [5.74, 6) is 1.75. The minimum atomic E-state index is -0.392. The van der Waals surface area contributed by atoms with E-state index in [4.69, 9.17) is 4.74 Å². The van der Waals surface area contributed by atoms with Crippen LogP contribution in [0.5, 0.6) is 5.75 Å². The number of methoxy groups -OCH3 is 1. The second kappa shape index (κ2) is 4.38. The minimum absolute atomic E-state index is 0.166. The molecule has 0 radical (unpaired) electrons. The molecule has 2 aliphatic rings. The van der Waals surface area contributed by atoms with E-state index >= 15 is 0 Å². The van der Waals surface area contributed by atoms with E-state index in [1.54, 1.807) is 18.2 Å². The van der Waals surface area contributed by atoms with Crippen molar-refractivity contribution in [3.63, 3.8) is 0 Å². The number of ketones is 1. The molecule has 0 heterocycles. The van der Waals surface area contributed by atoms with E-state index in [9.17, 15) is 9.18 Å². The van der Waals surface area contributed by atoms with Gasteiger partial charge in [-0.25, -0.2) is 4.39 Å². The topological polar surface area (TPSA) is 26.3 Å². The van der Waals surface area contributed by atoms with Crippen LogP contribution >= 0.6 is 0 Å². The molecule has 0 amide bonds. The lowest BCUT2D eigenvalue weighted by atomic mass is 9.93.